The van der Waals surface area contributed by atoms with E-state index in [2.05, 4.69) is 15.6 Å². The molecule has 0 spiro atoms. The number of pyridine rings is 1. The van der Waals surface area contributed by atoms with Crippen LogP contribution in [0.4, 0.5) is 11.4 Å². The van der Waals surface area contributed by atoms with Crippen LogP contribution >= 0.6 is 11.6 Å². The molecule has 1 aliphatic rings. The number of carbonyl (C=O) groups is 1. The van der Waals surface area contributed by atoms with Gasteiger partial charge in [0, 0.05) is 24.0 Å². The Bertz CT molecular complexity index is 685. The van der Waals surface area contributed by atoms with Crippen molar-refractivity contribution in [3.05, 3.63) is 52.3 Å². The minimum atomic E-state index is -0.172. The largest absolute Gasteiger partial charge is 0.384 e. The summed E-state index contributed by atoms with van der Waals surface area (Å²) in [6.07, 6.45) is 2.61. The molecule has 0 atom stereocenters. The number of fused-ring (bicyclic) bond motifs is 1. The molecule has 0 saturated heterocycles. The molecule has 0 fully saturated rings. The van der Waals surface area contributed by atoms with E-state index in [1.54, 1.807) is 6.20 Å². The van der Waals surface area contributed by atoms with Crippen molar-refractivity contribution in [1.29, 1.82) is 0 Å². The number of aromatic nitrogens is 1. The van der Waals surface area contributed by atoms with Gasteiger partial charge in [-0.05, 0) is 48.7 Å². The van der Waals surface area contributed by atoms with Crippen LogP contribution < -0.4 is 10.6 Å². The zero-order valence-corrected chi connectivity index (χ0v) is 11.8. The average molecular weight is 288 g/mol. The molecule has 0 radical (unpaired) electrons. The minimum Gasteiger partial charge on any atom is -0.384 e. The van der Waals surface area contributed by atoms with Crippen molar-refractivity contribution in [2.45, 2.75) is 13.3 Å². The number of carbonyl (C=O) groups excluding carboxylic acids is 1. The molecule has 1 aromatic heterocycles. The van der Waals surface area contributed by atoms with Gasteiger partial charge in [0.2, 0.25) is 0 Å². The van der Waals surface area contributed by atoms with Crippen molar-refractivity contribution in [1.82, 2.24) is 4.98 Å². The molecule has 1 aliphatic heterocycles. The quantitative estimate of drug-likeness (QED) is 0.834. The van der Waals surface area contributed by atoms with E-state index in [4.69, 9.17) is 11.6 Å². The predicted molar refractivity (Wildman–Crippen MR) is 80.6 cm³/mol. The maximum Gasteiger partial charge on any atom is 0.255 e. The smallest absolute Gasteiger partial charge is 0.255 e. The van der Waals surface area contributed by atoms with Crippen molar-refractivity contribution >= 4 is 28.9 Å². The van der Waals surface area contributed by atoms with Gasteiger partial charge in [0.1, 0.15) is 0 Å². The van der Waals surface area contributed by atoms with Gasteiger partial charge in [-0.2, -0.15) is 0 Å². The van der Waals surface area contributed by atoms with Crippen molar-refractivity contribution in [2.75, 3.05) is 17.2 Å². The Hall–Kier alpha value is -2.07. The molecule has 2 aromatic rings. The number of nitrogens with zero attached hydrogens (tertiary/aromatic N) is 1. The molecule has 3 rings (SSSR count). The molecule has 1 aromatic carbocycles. The van der Waals surface area contributed by atoms with Gasteiger partial charge < -0.3 is 10.6 Å². The molecule has 4 nitrogen and oxygen atoms in total. The zero-order chi connectivity index (χ0) is 14.1. The van der Waals surface area contributed by atoms with Gasteiger partial charge in [-0.25, -0.2) is 4.98 Å². The molecule has 2 heterocycles. The Labute approximate surface area is 122 Å². The summed E-state index contributed by atoms with van der Waals surface area (Å²) in [5, 5.41) is 6.37. The standard InChI is InChI=1S/C15H14ClN3O/c1-9-6-13(14(16)18-8-9)19-15(20)11-2-3-12-10(7-11)4-5-17-12/h2-3,6-8,17H,4-5H2,1H3,(H,19,20). The lowest BCUT2D eigenvalue weighted by Gasteiger charge is -2.08. The summed E-state index contributed by atoms with van der Waals surface area (Å²) in [6.45, 7) is 2.83. The van der Waals surface area contributed by atoms with E-state index in [1.165, 1.54) is 5.56 Å². The highest BCUT2D eigenvalue weighted by Crippen LogP contribution is 2.24. The summed E-state index contributed by atoms with van der Waals surface area (Å²) < 4.78 is 0. The molecule has 0 bridgehead atoms. The summed E-state index contributed by atoms with van der Waals surface area (Å²) in [7, 11) is 0. The Balaban J connectivity index is 1.84. The summed E-state index contributed by atoms with van der Waals surface area (Å²) in [5.41, 5.74) is 4.39. The Kier molecular flexibility index (Phi) is 3.32. The number of benzene rings is 1. The lowest BCUT2D eigenvalue weighted by molar-refractivity contribution is 0.102. The highest BCUT2D eigenvalue weighted by Gasteiger charge is 2.14. The van der Waals surface area contributed by atoms with Gasteiger partial charge in [0.15, 0.2) is 5.15 Å². The fraction of sp³-hybridized carbons (Fsp3) is 0.200. The third kappa shape index (κ3) is 2.47. The van der Waals surface area contributed by atoms with Gasteiger partial charge in [0.25, 0.3) is 5.91 Å². The van der Waals surface area contributed by atoms with E-state index in [0.717, 1.165) is 24.2 Å². The monoisotopic (exact) mass is 287 g/mol. The zero-order valence-electron chi connectivity index (χ0n) is 11.0. The third-order valence-corrected chi connectivity index (χ3v) is 3.60. The van der Waals surface area contributed by atoms with E-state index in [1.807, 2.05) is 31.2 Å². The van der Waals surface area contributed by atoms with E-state index >= 15 is 0 Å². The van der Waals surface area contributed by atoms with Crippen LogP contribution in [0.25, 0.3) is 0 Å². The molecule has 102 valence electrons. The van der Waals surface area contributed by atoms with Crippen molar-refractivity contribution in [3.63, 3.8) is 0 Å². The maximum atomic E-state index is 12.3. The first-order chi connectivity index (χ1) is 9.63. The maximum absolute atomic E-state index is 12.3. The molecule has 5 heteroatoms. The number of hydrogen-bond donors (Lipinski definition) is 2. The SMILES string of the molecule is Cc1cnc(Cl)c(NC(=O)c2ccc3c(c2)CCN3)c1. The van der Waals surface area contributed by atoms with Crippen LogP contribution in [0.2, 0.25) is 5.15 Å². The van der Waals surface area contributed by atoms with Crippen LogP contribution in [0.3, 0.4) is 0 Å². The second-order valence-electron chi connectivity index (χ2n) is 4.85. The topological polar surface area (TPSA) is 54.0 Å². The second kappa shape index (κ2) is 5.13. The number of rotatable bonds is 2. The molecule has 0 unspecified atom stereocenters. The van der Waals surface area contributed by atoms with Crippen LogP contribution in [0.1, 0.15) is 21.5 Å². The number of halogens is 1. The van der Waals surface area contributed by atoms with Crippen molar-refractivity contribution < 1.29 is 4.79 Å². The van der Waals surface area contributed by atoms with Gasteiger partial charge in [-0.3, -0.25) is 4.79 Å². The fourth-order valence-electron chi connectivity index (χ4n) is 2.28. The van der Waals surface area contributed by atoms with Gasteiger partial charge >= 0.3 is 0 Å². The van der Waals surface area contributed by atoms with E-state index in [-0.39, 0.29) is 5.91 Å². The normalized spacial score (nSPS) is 12.7. The first-order valence-electron chi connectivity index (χ1n) is 6.44. The molecule has 2 N–H and O–H groups in total. The van der Waals surface area contributed by atoms with Crippen molar-refractivity contribution in [3.8, 4) is 0 Å². The van der Waals surface area contributed by atoms with E-state index < -0.39 is 0 Å². The first-order valence-corrected chi connectivity index (χ1v) is 6.81. The average Bonchev–Trinajstić information content (AvgIpc) is 2.90. The molecule has 1 amide bonds. The Morgan fingerprint density at radius 1 is 1.40 bits per heavy atom. The van der Waals surface area contributed by atoms with E-state index in [9.17, 15) is 4.79 Å². The molecular formula is C15H14ClN3O. The van der Waals surface area contributed by atoms with E-state index in [0.29, 0.717) is 16.4 Å². The van der Waals surface area contributed by atoms with Gasteiger partial charge in [0.05, 0.1) is 5.69 Å². The fourth-order valence-corrected chi connectivity index (χ4v) is 2.43. The van der Waals surface area contributed by atoms with Gasteiger partial charge in [-0.1, -0.05) is 11.6 Å². The second-order valence-corrected chi connectivity index (χ2v) is 5.21. The van der Waals surface area contributed by atoms with Crippen LogP contribution in [-0.4, -0.2) is 17.4 Å². The minimum absolute atomic E-state index is 0.172. The molecule has 20 heavy (non-hydrogen) atoms. The van der Waals surface area contributed by atoms with Gasteiger partial charge in [-0.15, -0.1) is 0 Å². The Morgan fingerprint density at radius 3 is 3.10 bits per heavy atom. The van der Waals surface area contributed by atoms with Crippen LogP contribution in [0.15, 0.2) is 30.5 Å². The number of hydrogen-bond acceptors (Lipinski definition) is 3. The number of nitrogens with one attached hydrogen (secondary N) is 2. The number of aryl methyl sites for hydroxylation is 1. The number of anilines is 2. The van der Waals surface area contributed by atoms with Crippen LogP contribution in [0.5, 0.6) is 0 Å². The lowest BCUT2D eigenvalue weighted by atomic mass is 10.1. The summed E-state index contributed by atoms with van der Waals surface area (Å²) in [6, 6.07) is 7.47. The number of amides is 1. The highest BCUT2D eigenvalue weighted by molar-refractivity contribution is 6.32. The van der Waals surface area contributed by atoms with Crippen molar-refractivity contribution in [2.24, 2.45) is 0 Å². The predicted octanol–water partition coefficient (Wildman–Crippen LogP) is 3.26. The lowest BCUT2D eigenvalue weighted by Crippen LogP contribution is -2.13. The Morgan fingerprint density at radius 2 is 2.25 bits per heavy atom. The van der Waals surface area contributed by atoms with Crippen LogP contribution in [0, 0.1) is 6.92 Å². The van der Waals surface area contributed by atoms with Crippen LogP contribution in [-0.2, 0) is 6.42 Å². The summed E-state index contributed by atoms with van der Waals surface area (Å²) >= 11 is 5.99. The highest BCUT2D eigenvalue weighted by atomic mass is 35.5. The molecule has 0 saturated carbocycles. The summed E-state index contributed by atoms with van der Waals surface area (Å²) in [4.78, 5) is 16.3. The molecular weight excluding hydrogens is 274 g/mol. The molecule has 0 aliphatic carbocycles. The first kappa shape index (κ1) is 12.9. The summed E-state index contributed by atoms with van der Waals surface area (Å²) in [5.74, 6) is -0.172. The third-order valence-electron chi connectivity index (χ3n) is 3.30.